The van der Waals surface area contributed by atoms with E-state index < -0.39 is 0 Å². The van der Waals surface area contributed by atoms with Crippen molar-refractivity contribution in [3.63, 3.8) is 0 Å². The van der Waals surface area contributed by atoms with Gasteiger partial charge in [-0.1, -0.05) is 18.2 Å². The van der Waals surface area contributed by atoms with Crippen molar-refractivity contribution >= 4 is 17.5 Å². The van der Waals surface area contributed by atoms with Crippen molar-refractivity contribution < 1.29 is 0 Å². The molecule has 0 atom stereocenters. The molecule has 0 spiro atoms. The van der Waals surface area contributed by atoms with E-state index in [1.165, 1.54) is 4.42 Å². The number of benzene rings is 1. The first kappa shape index (κ1) is 6.43. The molecule has 1 nitrogen and oxygen atoms in total. The molecule has 1 aromatic rings. The van der Waals surface area contributed by atoms with Gasteiger partial charge in [-0.2, -0.15) is 0 Å². The van der Waals surface area contributed by atoms with Crippen LogP contribution in [0.3, 0.4) is 0 Å². The second kappa shape index (κ2) is 2.74. The van der Waals surface area contributed by atoms with Crippen LogP contribution in [0.15, 0.2) is 30.3 Å². The number of anilines is 1. The summed E-state index contributed by atoms with van der Waals surface area (Å²) in [5.41, 5.74) is 0.902. The molecule has 2 heteroatoms. The van der Waals surface area contributed by atoms with Crippen LogP contribution in [-0.2, 0) is 0 Å². The van der Waals surface area contributed by atoms with Gasteiger partial charge < -0.3 is 0 Å². The molecule has 0 unspecified atom stereocenters. The standard InChI is InChI=1S/C7H7ClN/c1-9(8)7-5-3-2-4-6-7/h2-6H,1H2. The average Bonchev–Trinajstić information content (AvgIpc) is 1.90. The van der Waals surface area contributed by atoms with Gasteiger partial charge in [0.05, 0.1) is 12.7 Å². The molecule has 9 heavy (non-hydrogen) atoms. The maximum Gasteiger partial charge on any atom is 0.0539 e. The fourth-order valence-corrected chi connectivity index (χ4v) is 0.702. The highest BCUT2D eigenvalue weighted by atomic mass is 35.5. The molecule has 0 amide bonds. The molecular formula is C7H7ClN. The van der Waals surface area contributed by atoms with Crippen LogP contribution in [0.25, 0.3) is 0 Å². The number of rotatable bonds is 1. The lowest BCUT2D eigenvalue weighted by atomic mass is 10.3. The van der Waals surface area contributed by atoms with Crippen molar-refractivity contribution in [1.82, 2.24) is 0 Å². The Labute approximate surface area is 60.0 Å². The van der Waals surface area contributed by atoms with E-state index in [0.717, 1.165) is 5.69 Å². The number of para-hydroxylation sites is 1. The lowest BCUT2D eigenvalue weighted by molar-refractivity contribution is 1.44. The Morgan fingerprint density at radius 2 is 1.78 bits per heavy atom. The van der Waals surface area contributed by atoms with Crippen LogP contribution in [0, 0.1) is 7.05 Å². The Bertz CT molecular complexity index is 172. The van der Waals surface area contributed by atoms with Crippen molar-refractivity contribution in [2.45, 2.75) is 0 Å². The molecule has 0 bridgehead atoms. The molecule has 0 aliphatic carbocycles. The summed E-state index contributed by atoms with van der Waals surface area (Å²) in [4.78, 5) is 0. The van der Waals surface area contributed by atoms with Crippen LogP contribution in [0.4, 0.5) is 5.69 Å². The van der Waals surface area contributed by atoms with Gasteiger partial charge >= 0.3 is 0 Å². The third-order valence-corrected chi connectivity index (χ3v) is 1.23. The summed E-state index contributed by atoms with van der Waals surface area (Å²) in [6.45, 7) is 0. The lowest BCUT2D eigenvalue weighted by Crippen LogP contribution is -1.94. The number of hydrogen-bond donors (Lipinski definition) is 0. The molecule has 1 rings (SSSR count). The van der Waals surface area contributed by atoms with E-state index in [1.807, 2.05) is 30.3 Å². The molecule has 1 radical (unpaired) electrons. The van der Waals surface area contributed by atoms with Crippen LogP contribution in [-0.4, -0.2) is 0 Å². The molecule has 0 aromatic heterocycles. The molecule has 0 saturated heterocycles. The molecular weight excluding hydrogens is 134 g/mol. The van der Waals surface area contributed by atoms with Gasteiger partial charge in [-0.05, 0) is 12.1 Å². The summed E-state index contributed by atoms with van der Waals surface area (Å²) in [5.74, 6) is 0. The predicted molar refractivity (Wildman–Crippen MR) is 40.1 cm³/mol. The summed E-state index contributed by atoms with van der Waals surface area (Å²) in [5, 5.41) is 0. The topological polar surface area (TPSA) is 3.24 Å². The maximum atomic E-state index is 5.53. The van der Waals surface area contributed by atoms with Crippen molar-refractivity contribution in [2.75, 3.05) is 4.42 Å². The lowest BCUT2D eigenvalue weighted by Gasteiger charge is -2.05. The van der Waals surface area contributed by atoms with Crippen LogP contribution in [0.1, 0.15) is 0 Å². The SMILES string of the molecule is [CH2]N(Cl)c1ccccc1. The normalized spacial score (nSPS) is 9.11. The number of nitrogens with zero attached hydrogens (tertiary/aromatic N) is 1. The van der Waals surface area contributed by atoms with Gasteiger partial charge in [-0.15, -0.1) is 0 Å². The highest BCUT2D eigenvalue weighted by Gasteiger charge is 1.90. The fourth-order valence-electron chi connectivity index (χ4n) is 0.590. The van der Waals surface area contributed by atoms with Crippen molar-refractivity contribution in [2.24, 2.45) is 0 Å². The molecule has 0 aliphatic heterocycles. The molecule has 0 aliphatic rings. The van der Waals surface area contributed by atoms with Gasteiger partial charge in [-0.3, -0.25) is 4.42 Å². The monoisotopic (exact) mass is 140 g/mol. The van der Waals surface area contributed by atoms with Gasteiger partial charge in [0.25, 0.3) is 0 Å². The van der Waals surface area contributed by atoms with Crippen molar-refractivity contribution in [3.05, 3.63) is 37.4 Å². The maximum absolute atomic E-state index is 5.53. The largest absolute Gasteiger partial charge is 0.283 e. The quantitative estimate of drug-likeness (QED) is 0.542. The fraction of sp³-hybridized carbons (Fsp3) is 0. The Balaban J connectivity index is 2.85. The zero-order chi connectivity index (χ0) is 6.69. The molecule has 1 aromatic carbocycles. The molecule has 0 heterocycles. The van der Waals surface area contributed by atoms with Crippen LogP contribution in [0.5, 0.6) is 0 Å². The minimum Gasteiger partial charge on any atom is -0.283 e. The van der Waals surface area contributed by atoms with Crippen LogP contribution >= 0.6 is 11.8 Å². The first-order valence-corrected chi connectivity index (χ1v) is 2.96. The third-order valence-electron chi connectivity index (χ3n) is 1.04. The average molecular weight is 141 g/mol. The zero-order valence-electron chi connectivity index (χ0n) is 4.92. The van der Waals surface area contributed by atoms with Gasteiger partial charge in [0, 0.05) is 11.8 Å². The van der Waals surface area contributed by atoms with Gasteiger partial charge in [0.1, 0.15) is 0 Å². The van der Waals surface area contributed by atoms with E-state index in [-0.39, 0.29) is 0 Å². The molecule has 0 N–H and O–H groups in total. The van der Waals surface area contributed by atoms with E-state index >= 15 is 0 Å². The van der Waals surface area contributed by atoms with E-state index in [9.17, 15) is 0 Å². The second-order valence-corrected chi connectivity index (χ2v) is 2.11. The van der Waals surface area contributed by atoms with Crippen LogP contribution < -0.4 is 4.42 Å². The summed E-state index contributed by atoms with van der Waals surface area (Å²) < 4.78 is 1.31. The predicted octanol–water partition coefficient (Wildman–Crippen LogP) is 2.44. The Hall–Kier alpha value is -0.690. The summed E-state index contributed by atoms with van der Waals surface area (Å²) in [6.07, 6.45) is 0. The van der Waals surface area contributed by atoms with E-state index in [2.05, 4.69) is 7.05 Å². The summed E-state index contributed by atoms with van der Waals surface area (Å²) in [6, 6.07) is 9.54. The summed E-state index contributed by atoms with van der Waals surface area (Å²) >= 11 is 5.53. The van der Waals surface area contributed by atoms with Gasteiger partial charge in [0.2, 0.25) is 0 Å². The van der Waals surface area contributed by atoms with Gasteiger partial charge in [-0.25, -0.2) is 0 Å². The van der Waals surface area contributed by atoms with Crippen molar-refractivity contribution in [1.29, 1.82) is 0 Å². The number of hydrogen-bond acceptors (Lipinski definition) is 1. The van der Waals surface area contributed by atoms with Crippen molar-refractivity contribution in [3.8, 4) is 0 Å². The van der Waals surface area contributed by atoms with Gasteiger partial charge in [0.15, 0.2) is 0 Å². The highest BCUT2D eigenvalue weighted by Crippen LogP contribution is 2.12. The van der Waals surface area contributed by atoms with E-state index in [1.54, 1.807) is 0 Å². The molecule has 0 saturated carbocycles. The zero-order valence-corrected chi connectivity index (χ0v) is 5.67. The van der Waals surface area contributed by atoms with E-state index in [0.29, 0.717) is 0 Å². The second-order valence-electron chi connectivity index (χ2n) is 1.70. The smallest absolute Gasteiger partial charge is 0.0539 e. The minimum atomic E-state index is 0.902. The highest BCUT2D eigenvalue weighted by molar-refractivity contribution is 6.25. The Kier molecular flexibility index (Phi) is 1.96. The number of halogens is 1. The minimum absolute atomic E-state index is 0.902. The first-order chi connectivity index (χ1) is 4.30. The molecule has 0 fully saturated rings. The Morgan fingerprint density at radius 1 is 1.22 bits per heavy atom. The third kappa shape index (κ3) is 1.61. The molecule has 47 valence electrons. The van der Waals surface area contributed by atoms with Crippen LogP contribution in [0.2, 0.25) is 0 Å². The summed E-state index contributed by atoms with van der Waals surface area (Å²) in [7, 11) is 3.51. The Morgan fingerprint density at radius 3 is 2.11 bits per heavy atom. The van der Waals surface area contributed by atoms with E-state index in [4.69, 9.17) is 11.8 Å². The first-order valence-electron chi connectivity index (χ1n) is 2.62.